The standard InChI is InChI=1S/C8H12N4O2S/c1-6-8(7(2)11-10-6)15(13,14)12(3)5-4-9/h5H2,1-3H3,(H,10,11). The first kappa shape index (κ1) is 11.7. The molecule has 0 aliphatic carbocycles. The van der Waals surface area contributed by atoms with Crippen molar-refractivity contribution in [3.63, 3.8) is 0 Å². The van der Waals surface area contributed by atoms with Gasteiger partial charge in [0.2, 0.25) is 10.0 Å². The summed E-state index contributed by atoms with van der Waals surface area (Å²) in [6.45, 7) is 3.07. The van der Waals surface area contributed by atoms with Gasteiger partial charge in [-0.2, -0.15) is 14.7 Å². The molecule has 0 spiro atoms. The van der Waals surface area contributed by atoms with Crippen LogP contribution in [0.3, 0.4) is 0 Å². The summed E-state index contributed by atoms with van der Waals surface area (Å²) in [6, 6.07) is 1.79. The van der Waals surface area contributed by atoms with E-state index >= 15 is 0 Å². The van der Waals surface area contributed by atoms with Crippen molar-refractivity contribution in [1.82, 2.24) is 14.5 Å². The lowest BCUT2D eigenvalue weighted by molar-refractivity contribution is 0.500. The van der Waals surface area contributed by atoms with Gasteiger partial charge in [0, 0.05) is 7.05 Å². The van der Waals surface area contributed by atoms with Gasteiger partial charge in [0.15, 0.2) is 0 Å². The van der Waals surface area contributed by atoms with Crippen molar-refractivity contribution >= 4 is 10.0 Å². The van der Waals surface area contributed by atoms with Crippen LogP contribution in [0.2, 0.25) is 0 Å². The smallest absolute Gasteiger partial charge is 0.247 e. The number of hydrogen-bond donors (Lipinski definition) is 1. The number of nitriles is 1. The lowest BCUT2D eigenvalue weighted by Crippen LogP contribution is -2.28. The summed E-state index contributed by atoms with van der Waals surface area (Å²) in [5.74, 6) is 0. The fraction of sp³-hybridized carbons (Fsp3) is 0.500. The minimum absolute atomic E-state index is 0.153. The van der Waals surface area contributed by atoms with Gasteiger partial charge in [-0.15, -0.1) is 0 Å². The van der Waals surface area contributed by atoms with E-state index in [1.165, 1.54) is 7.05 Å². The van der Waals surface area contributed by atoms with Crippen molar-refractivity contribution < 1.29 is 8.42 Å². The average molecular weight is 228 g/mol. The molecule has 0 bridgehead atoms. The molecule has 0 atom stereocenters. The predicted molar refractivity (Wildman–Crippen MR) is 53.5 cm³/mol. The van der Waals surface area contributed by atoms with E-state index in [4.69, 9.17) is 5.26 Å². The summed E-state index contributed by atoms with van der Waals surface area (Å²) in [5, 5.41) is 14.9. The molecular weight excluding hydrogens is 216 g/mol. The van der Waals surface area contributed by atoms with Gasteiger partial charge in [0.1, 0.15) is 11.4 Å². The van der Waals surface area contributed by atoms with Crippen LogP contribution in [0.25, 0.3) is 0 Å². The van der Waals surface area contributed by atoms with Crippen LogP contribution in [0.5, 0.6) is 0 Å². The molecule has 1 aromatic heterocycles. The van der Waals surface area contributed by atoms with Crippen LogP contribution in [0, 0.1) is 25.2 Å². The molecule has 82 valence electrons. The van der Waals surface area contributed by atoms with E-state index in [0.29, 0.717) is 11.4 Å². The molecule has 0 aliphatic rings. The monoisotopic (exact) mass is 228 g/mol. The molecule has 6 nitrogen and oxygen atoms in total. The Kier molecular flexibility index (Phi) is 3.12. The molecule has 0 amide bonds. The number of aromatic amines is 1. The number of nitrogens with one attached hydrogen (secondary N) is 1. The highest BCUT2D eigenvalue weighted by Crippen LogP contribution is 2.19. The molecule has 0 aromatic carbocycles. The van der Waals surface area contributed by atoms with Crippen molar-refractivity contribution in [1.29, 1.82) is 5.26 Å². The Bertz CT molecular complexity index is 478. The first-order chi connectivity index (χ1) is 6.91. The van der Waals surface area contributed by atoms with Crippen LogP contribution in [0.15, 0.2) is 4.90 Å². The van der Waals surface area contributed by atoms with Crippen molar-refractivity contribution in [3.8, 4) is 6.07 Å². The molecule has 1 aromatic rings. The SMILES string of the molecule is Cc1n[nH]c(C)c1S(=O)(=O)N(C)CC#N. The van der Waals surface area contributed by atoms with E-state index in [-0.39, 0.29) is 11.4 Å². The van der Waals surface area contributed by atoms with Crippen molar-refractivity contribution in [2.75, 3.05) is 13.6 Å². The van der Waals surface area contributed by atoms with Crippen LogP contribution < -0.4 is 0 Å². The van der Waals surface area contributed by atoms with Crippen LogP contribution in [0.4, 0.5) is 0 Å². The maximum absolute atomic E-state index is 11.9. The molecule has 7 heteroatoms. The predicted octanol–water partition coefficient (Wildman–Crippen LogP) is 0.171. The second-order valence-corrected chi connectivity index (χ2v) is 5.16. The summed E-state index contributed by atoms with van der Waals surface area (Å²) in [5.41, 5.74) is 0.898. The van der Waals surface area contributed by atoms with E-state index in [2.05, 4.69) is 10.2 Å². The van der Waals surface area contributed by atoms with Crippen LogP contribution in [-0.4, -0.2) is 36.5 Å². The largest absolute Gasteiger partial charge is 0.281 e. The number of nitrogens with zero attached hydrogens (tertiary/aromatic N) is 3. The summed E-state index contributed by atoms with van der Waals surface area (Å²) >= 11 is 0. The Morgan fingerprint density at radius 1 is 1.53 bits per heavy atom. The van der Waals surface area contributed by atoms with E-state index in [1.54, 1.807) is 19.9 Å². The van der Waals surface area contributed by atoms with Gasteiger partial charge in [0.25, 0.3) is 0 Å². The lowest BCUT2D eigenvalue weighted by Gasteiger charge is -2.13. The highest BCUT2D eigenvalue weighted by Gasteiger charge is 2.26. The zero-order chi connectivity index (χ0) is 11.6. The molecule has 0 aliphatic heterocycles. The number of aromatic nitrogens is 2. The maximum atomic E-state index is 11.9. The third-order valence-electron chi connectivity index (χ3n) is 2.02. The van der Waals surface area contributed by atoms with Crippen LogP contribution in [-0.2, 0) is 10.0 Å². The van der Waals surface area contributed by atoms with Crippen LogP contribution in [0.1, 0.15) is 11.4 Å². The third-order valence-corrected chi connectivity index (χ3v) is 4.09. The summed E-state index contributed by atoms with van der Waals surface area (Å²) in [7, 11) is -2.24. The fourth-order valence-electron chi connectivity index (χ4n) is 1.26. The number of sulfonamides is 1. The van der Waals surface area contributed by atoms with Crippen LogP contribution >= 0.6 is 0 Å². The first-order valence-corrected chi connectivity index (χ1v) is 5.70. The molecule has 0 saturated carbocycles. The minimum Gasteiger partial charge on any atom is -0.281 e. The fourth-order valence-corrected chi connectivity index (χ4v) is 2.65. The van der Waals surface area contributed by atoms with Crippen molar-refractivity contribution in [2.24, 2.45) is 0 Å². The Morgan fingerprint density at radius 2 is 2.13 bits per heavy atom. The van der Waals surface area contributed by atoms with Gasteiger partial charge in [0.05, 0.1) is 17.5 Å². The summed E-state index contributed by atoms with van der Waals surface area (Å²) in [4.78, 5) is 0.153. The number of H-pyrrole nitrogens is 1. The quantitative estimate of drug-likeness (QED) is 0.747. The van der Waals surface area contributed by atoms with E-state index in [0.717, 1.165) is 4.31 Å². The van der Waals surface area contributed by atoms with Crippen molar-refractivity contribution in [3.05, 3.63) is 11.4 Å². The third kappa shape index (κ3) is 2.00. The zero-order valence-electron chi connectivity index (χ0n) is 8.77. The molecule has 0 radical (unpaired) electrons. The van der Waals surface area contributed by atoms with Gasteiger partial charge in [-0.25, -0.2) is 8.42 Å². The normalized spacial score (nSPS) is 11.7. The zero-order valence-corrected chi connectivity index (χ0v) is 9.59. The Hall–Kier alpha value is -1.39. The Balaban J connectivity index is 3.24. The summed E-state index contributed by atoms with van der Waals surface area (Å²) < 4.78 is 24.9. The van der Waals surface area contributed by atoms with E-state index in [1.807, 2.05) is 0 Å². The van der Waals surface area contributed by atoms with Gasteiger partial charge < -0.3 is 0 Å². The van der Waals surface area contributed by atoms with Gasteiger partial charge in [-0.05, 0) is 13.8 Å². The lowest BCUT2D eigenvalue weighted by atomic mass is 10.4. The molecule has 1 heterocycles. The topological polar surface area (TPSA) is 89.8 Å². The van der Waals surface area contributed by atoms with Gasteiger partial charge in [-0.3, -0.25) is 5.10 Å². The number of rotatable bonds is 3. The van der Waals surface area contributed by atoms with Crippen molar-refractivity contribution in [2.45, 2.75) is 18.7 Å². The number of aryl methyl sites for hydroxylation is 2. The Morgan fingerprint density at radius 3 is 2.53 bits per heavy atom. The second kappa shape index (κ2) is 4.00. The molecule has 1 N–H and O–H groups in total. The highest BCUT2D eigenvalue weighted by atomic mass is 32.2. The van der Waals surface area contributed by atoms with E-state index < -0.39 is 10.0 Å². The van der Waals surface area contributed by atoms with E-state index in [9.17, 15) is 8.42 Å². The molecule has 0 saturated heterocycles. The molecule has 15 heavy (non-hydrogen) atoms. The molecule has 1 rings (SSSR count). The number of hydrogen-bond acceptors (Lipinski definition) is 4. The molecular formula is C8H12N4O2S. The second-order valence-electron chi connectivity index (χ2n) is 3.18. The average Bonchev–Trinajstić information content (AvgIpc) is 2.46. The Labute approximate surface area is 88.6 Å². The first-order valence-electron chi connectivity index (χ1n) is 4.26. The molecule has 0 unspecified atom stereocenters. The van der Waals surface area contributed by atoms with Gasteiger partial charge in [-0.1, -0.05) is 0 Å². The summed E-state index contributed by atoms with van der Waals surface area (Å²) in [6.07, 6.45) is 0. The maximum Gasteiger partial charge on any atom is 0.247 e. The highest BCUT2D eigenvalue weighted by molar-refractivity contribution is 7.89. The minimum atomic E-state index is -3.60. The molecule has 0 fully saturated rings. The van der Waals surface area contributed by atoms with Gasteiger partial charge >= 0.3 is 0 Å².